The molecule has 2 aliphatic rings. The molecule has 0 saturated carbocycles. The Hall–Kier alpha value is -1.20. The van der Waals surface area contributed by atoms with E-state index in [0.29, 0.717) is 11.5 Å². The molecule has 2 unspecified atom stereocenters. The van der Waals surface area contributed by atoms with Crippen molar-refractivity contribution in [3.8, 4) is 5.75 Å². The molecule has 116 valence electrons. The second-order valence-electron chi connectivity index (χ2n) is 6.27. The van der Waals surface area contributed by atoms with Crippen LogP contribution in [0.1, 0.15) is 31.4 Å². The third-order valence-corrected chi connectivity index (χ3v) is 4.94. The Bertz CT molecular complexity index is 472. The first-order valence-electron chi connectivity index (χ1n) is 7.58. The molecule has 2 aliphatic heterocycles. The molecule has 1 spiro atoms. The number of hydrogen-bond acceptors (Lipinski definition) is 3. The number of nitrogens with zero attached hydrogens (tertiary/aromatic N) is 1. The predicted octanol–water partition coefficient (Wildman–Crippen LogP) is 3.03. The van der Waals surface area contributed by atoms with E-state index in [4.69, 9.17) is 0 Å². The minimum atomic E-state index is -2.76. The van der Waals surface area contributed by atoms with Crippen LogP contribution in [0.4, 0.5) is 8.78 Å². The maximum absolute atomic E-state index is 12.2. The summed E-state index contributed by atoms with van der Waals surface area (Å²) in [4.78, 5) is 2.50. The number of ether oxygens (including phenoxy) is 1. The van der Waals surface area contributed by atoms with Crippen LogP contribution in [0.2, 0.25) is 0 Å². The molecule has 1 aromatic carbocycles. The minimum Gasteiger partial charge on any atom is -0.435 e. The number of benzene rings is 1. The highest BCUT2D eigenvalue weighted by atomic mass is 19.3. The van der Waals surface area contributed by atoms with Crippen LogP contribution in [0, 0.1) is 5.41 Å². The maximum Gasteiger partial charge on any atom is 0.387 e. The Morgan fingerprint density at radius 2 is 2.00 bits per heavy atom. The second kappa shape index (κ2) is 5.89. The van der Waals surface area contributed by atoms with Gasteiger partial charge in [0.1, 0.15) is 5.75 Å². The molecule has 21 heavy (non-hydrogen) atoms. The van der Waals surface area contributed by atoms with E-state index in [-0.39, 0.29) is 5.75 Å². The standard InChI is InChI=1S/C16H22F2N2O/c1-12(13-2-4-14(5-3-13)21-15(17)18)20-9-7-16(11-20)6-8-19-10-16/h2-5,12,15,19H,6-11H2,1H3. The van der Waals surface area contributed by atoms with E-state index in [9.17, 15) is 8.78 Å². The first kappa shape index (κ1) is 14.7. The van der Waals surface area contributed by atoms with Crippen molar-refractivity contribution in [3.63, 3.8) is 0 Å². The van der Waals surface area contributed by atoms with Crippen molar-refractivity contribution in [1.82, 2.24) is 10.2 Å². The zero-order valence-corrected chi connectivity index (χ0v) is 12.3. The van der Waals surface area contributed by atoms with E-state index in [1.54, 1.807) is 12.1 Å². The lowest BCUT2D eigenvalue weighted by atomic mass is 9.86. The molecule has 3 nitrogen and oxygen atoms in total. The van der Waals surface area contributed by atoms with Crippen LogP contribution in [0.3, 0.4) is 0 Å². The van der Waals surface area contributed by atoms with Gasteiger partial charge in [0.15, 0.2) is 0 Å². The summed E-state index contributed by atoms with van der Waals surface area (Å²) in [6, 6.07) is 7.34. The molecule has 0 amide bonds. The lowest BCUT2D eigenvalue weighted by Gasteiger charge is -2.27. The average Bonchev–Trinajstić information content (AvgIpc) is 3.09. The third-order valence-electron chi connectivity index (χ3n) is 4.94. The van der Waals surface area contributed by atoms with Crippen LogP contribution < -0.4 is 10.1 Å². The van der Waals surface area contributed by atoms with Crippen molar-refractivity contribution in [1.29, 1.82) is 0 Å². The van der Waals surface area contributed by atoms with Gasteiger partial charge >= 0.3 is 6.61 Å². The number of rotatable bonds is 4. The Labute approximate surface area is 124 Å². The quantitative estimate of drug-likeness (QED) is 0.924. The fraction of sp³-hybridized carbons (Fsp3) is 0.625. The largest absolute Gasteiger partial charge is 0.435 e. The highest BCUT2D eigenvalue weighted by Crippen LogP contribution is 2.39. The molecule has 1 N–H and O–H groups in total. The van der Waals surface area contributed by atoms with Crippen molar-refractivity contribution in [3.05, 3.63) is 29.8 Å². The number of hydrogen-bond donors (Lipinski definition) is 1. The molecule has 1 aromatic rings. The van der Waals surface area contributed by atoms with Gasteiger partial charge in [-0.15, -0.1) is 0 Å². The summed E-state index contributed by atoms with van der Waals surface area (Å²) in [6.07, 6.45) is 2.51. The molecule has 3 rings (SSSR count). The van der Waals surface area contributed by atoms with Gasteiger partial charge in [0.2, 0.25) is 0 Å². The number of likely N-dealkylation sites (tertiary alicyclic amines) is 1. The van der Waals surface area contributed by atoms with E-state index in [1.165, 1.54) is 12.8 Å². The van der Waals surface area contributed by atoms with Crippen molar-refractivity contribution in [2.75, 3.05) is 26.2 Å². The van der Waals surface area contributed by atoms with Gasteiger partial charge in [-0.25, -0.2) is 0 Å². The van der Waals surface area contributed by atoms with Crippen molar-refractivity contribution < 1.29 is 13.5 Å². The Morgan fingerprint density at radius 3 is 2.62 bits per heavy atom. The smallest absolute Gasteiger partial charge is 0.387 e. The van der Waals surface area contributed by atoms with Gasteiger partial charge in [-0.2, -0.15) is 8.78 Å². The van der Waals surface area contributed by atoms with Crippen LogP contribution >= 0.6 is 0 Å². The Morgan fingerprint density at radius 1 is 1.24 bits per heavy atom. The molecule has 0 bridgehead atoms. The zero-order chi connectivity index (χ0) is 14.9. The summed E-state index contributed by atoms with van der Waals surface area (Å²) in [6.45, 7) is 3.90. The zero-order valence-electron chi connectivity index (χ0n) is 12.3. The lowest BCUT2D eigenvalue weighted by molar-refractivity contribution is -0.0498. The Balaban J connectivity index is 1.64. The van der Waals surface area contributed by atoms with Crippen molar-refractivity contribution >= 4 is 0 Å². The van der Waals surface area contributed by atoms with Gasteiger partial charge < -0.3 is 10.1 Å². The van der Waals surface area contributed by atoms with Gasteiger partial charge in [-0.05, 0) is 56.0 Å². The van der Waals surface area contributed by atoms with Crippen LogP contribution in [0.25, 0.3) is 0 Å². The molecule has 2 heterocycles. The van der Waals surface area contributed by atoms with Crippen molar-refractivity contribution in [2.24, 2.45) is 5.41 Å². The SMILES string of the molecule is CC(c1ccc(OC(F)F)cc1)N1CCC2(CCNC2)C1. The molecule has 5 heteroatoms. The number of nitrogens with one attached hydrogen (secondary N) is 1. The lowest BCUT2D eigenvalue weighted by Crippen LogP contribution is -2.30. The molecular formula is C16H22F2N2O. The first-order chi connectivity index (χ1) is 10.1. The maximum atomic E-state index is 12.2. The molecule has 2 saturated heterocycles. The van der Waals surface area contributed by atoms with E-state index in [1.807, 2.05) is 12.1 Å². The first-order valence-corrected chi connectivity index (χ1v) is 7.58. The summed E-state index contributed by atoms with van der Waals surface area (Å²) < 4.78 is 28.7. The van der Waals surface area contributed by atoms with E-state index < -0.39 is 6.61 Å². The molecule has 2 fully saturated rings. The van der Waals surface area contributed by atoms with Crippen molar-refractivity contribution in [2.45, 2.75) is 32.4 Å². The summed E-state index contributed by atoms with van der Waals surface area (Å²) in [5, 5.41) is 3.47. The fourth-order valence-electron chi connectivity index (χ4n) is 3.58. The monoisotopic (exact) mass is 296 g/mol. The predicted molar refractivity (Wildman–Crippen MR) is 77.6 cm³/mol. The highest BCUT2D eigenvalue weighted by Gasteiger charge is 2.41. The summed E-state index contributed by atoms with van der Waals surface area (Å²) in [5.74, 6) is 0.221. The van der Waals surface area contributed by atoms with Crippen LogP contribution in [-0.2, 0) is 0 Å². The molecule has 0 aliphatic carbocycles. The van der Waals surface area contributed by atoms with Gasteiger partial charge in [-0.1, -0.05) is 12.1 Å². The van der Waals surface area contributed by atoms with E-state index in [0.717, 1.165) is 31.7 Å². The van der Waals surface area contributed by atoms with Gasteiger partial charge in [0.25, 0.3) is 0 Å². The Kier molecular flexibility index (Phi) is 4.13. The van der Waals surface area contributed by atoms with Gasteiger partial charge in [0.05, 0.1) is 0 Å². The van der Waals surface area contributed by atoms with Crippen LogP contribution in [0.15, 0.2) is 24.3 Å². The third kappa shape index (κ3) is 3.19. The van der Waals surface area contributed by atoms with Gasteiger partial charge in [-0.3, -0.25) is 4.90 Å². The minimum absolute atomic E-state index is 0.221. The summed E-state index contributed by atoms with van der Waals surface area (Å²) in [5.41, 5.74) is 1.60. The molecule has 0 radical (unpaired) electrons. The molecular weight excluding hydrogens is 274 g/mol. The fourth-order valence-corrected chi connectivity index (χ4v) is 3.58. The normalized spacial score (nSPS) is 27.6. The van der Waals surface area contributed by atoms with Gasteiger partial charge in [0, 0.05) is 19.1 Å². The molecule has 0 aromatic heterocycles. The average molecular weight is 296 g/mol. The summed E-state index contributed by atoms with van der Waals surface area (Å²) >= 11 is 0. The van der Waals surface area contributed by atoms with Crippen LogP contribution in [-0.4, -0.2) is 37.7 Å². The van der Waals surface area contributed by atoms with Crippen LogP contribution in [0.5, 0.6) is 5.75 Å². The van der Waals surface area contributed by atoms with E-state index >= 15 is 0 Å². The number of halogens is 2. The molecule has 2 atom stereocenters. The topological polar surface area (TPSA) is 24.5 Å². The second-order valence-corrected chi connectivity index (χ2v) is 6.27. The summed E-state index contributed by atoms with van der Waals surface area (Å²) in [7, 11) is 0. The number of alkyl halides is 2. The highest BCUT2D eigenvalue weighted by molar-refractivity contribution is 5.29. The van der Waals surface area contributed by atoms with E-state index in [2.05, 4.69) is 21.9 Å².